The van der Waals surface area contributed by atoms with Gasteiger partial charge in [-0.15, -0.1) is 11.3 Å². The van der Waals surface area contributed by atoms with Crippen LogP contribution < -0.4 is 5.32 Å². The van der Waals surface area contributed by atoms with Gasteiger partial charge in [-0.3, -0.25) is 4.79 Å². The van der Waals surface area contributed by atoms with Crippen molar-refractivity contribution in [1.29, 1.82) is 0 Å². The zero-order valence-corrected chi connectivity index (χ0v) is 13.5. The molecule has 0 aromatic carbocycles. The third-order valence-corrected chi connectivity index (χ3v) is 4.77. The SMILES string of the molecule is Cc1cn2c(n1)CC[C@@H](NC(=O)c1csc(-c3ccco3)n1)C2. The molecule has 0 saturated carbocycles. The van der Waals surface area contributed by atoms with Crippen LogP contribution >= 0.6 is 11.3 Å². The Hall–Kier alpha value is -2.41. The number of carbonyl (C=O) groups is 1. The maximum absolute atomic E-state index is 12.4. The molecule has 23 heavy (non-hydrogen) atoms. The number of amides is 1. The summed E-state index contributed by atoms with van der Waals surface area (Å²) in [7, 11) is 0. The summed E-state index contributed by atoms with van der Waals surface area (Å²) < 4.78 is 7.43. The molecule has 0 radical (unpaired) electrons. The van der Waals surface area contributed by atoms with E-state index in [1.165, 1.54) is 11.3 Å². The Kier molecular flexibility index (Phi) is 3.49. The average molecular weight is 328 g/mol. The molecule has 7 heteroatoms. The summed E-state index contributed by atoms with van der Waals surface area (Å²) in [5.41, 5.74) is 1.46. The monoisotopic (exact) mass is 328 g/mol. The number of fused-ring (bicyclic) bond motifs is 1. The molecule has 4 rings (SSSR count). The van der Waals surface area contributed by atoms with Crippen LogP contribution in [0.15, 0.2) is 34.4 Å². The van der Waals surface area contributed by atoms with Crippen LogP contribution in [-0.2, 0) is 13.0 Å². The number of aromatic nitrogens is 3. The van der Waals surface area contributed by atoms with E-state index in [1.807, 2.05) is 25.3 Å². The number of rotatable bonds is 3. The van der Waals surface area contributed by atoms with E-state index < -0.39 is 0 Å². The smallest absolute Gasteiger partial charge is 0.271 e. The van der Waals surface area contributed by atoms with Gasteiger partial charge in [-0.05, 0) is 25.5 Å². The number of nitrogens with zero attached hydrogens (tertiary/aromatic N) is 3. The highest BCUT2D eigenvalue weighted by Gasteiger charge is 2.22. The summed E-state index contributed by atoms with van der Waals surface area (Å²) in [5.74, 6) is 1.65. The lowest BCUT2D eigenvalue weighted by molar-refractivity contribution is 0.0923. The van der Waals surface area contributed by atoms with Gasteiger partial charge in [0.25, 0.3) is 5.91 Å². The van der Waals surface area contributed by atoms with E-state index in [4.69, 9.17) is 4.42 Å². The Morgan fingerprint density at radius 1 is 1.48 bits per heavy atom. The van der Waals surface area contributed by atoms with Crippen LogP contribution in [0.25, 0.3) is 10.8 Å². The molecular weight excluding hydrogens is 312 g/mol. The molecule has 4 heterocycles. The second-order valence-corrected chi connectivity index (χ2v) is 6.53. The van der Waals surface area contributed by atoms with Gasteiger partial charge in [-0.2, -0.15) is 0 Å². The number of carbonyl (C=O) groups excluding carboxylic acids is 1. The van der Waals surface area contributed by atoms with Gasteiger partial charge >= 0.3 is 0 Å². The van der Waals surface area contributed by atoms with E-state index in [0.29, 0.717) is 11.5 Å². The Labute approximate surface area is 137 Å². The largest absolute Gasteiger partial charge is 0.462 e. The normalized spacial score (nSPS) is 17.0. The maximum atomic E-state index is 12.4. The fourth-order valence-electron chi connectivity index (χ4n) is 2.85. The Morgan fingerprint density at radius 3 is 3.22 bits per heavy atom. The zero-order chi connectivity index (χ0) is 15.8. The summed E-state index contributed by atoms with van der Waals surface area (Å²) in [6.45, 7) is 2.75. The minimum atomic E-state index is -0.135. The number of hydrogen-bond acceptors (Lipinski definition) is 5. The second kappa shape index (κ2) is 5.66. The molecule has 0 spiro atoms. The van der Waals surface area contributed by atoms with Crippen molar-refractivity contribution in [2.45, 2.75) is 32.4 Å². The minimum Gasteiger partial charge on any atom is -0.462 e. The molecule has 118 valence electrons. The molecule has 0 saturated heterocycles. The third-order valence-electron chi connectivity index (χ3n) is 3.92. The van der Waals surface area contributed by atoms with Crippen LogP contribution in [0.5, 0.6) is 0 Å². The number of nitrogens with one attached hydrogen (secondary N) is 1. The van der Waals surface area contributed by atoms with Gasteiger partial charge in [0.2, 0.25) is 0 Å². The molecule has 0 fully saturated rings. The predicted octanol–water partition coefficient (Wildman–Crippen LogP) is 2.65. The highest BCUT2D eigenvalue weighted by molar-refractivity contribution is 7.13. The van der Waals surface area contributed by atoms with Crippen LogP contribution in [0.4, 0.5) is 0 Å². The molecule has 0 unspecified atom stereocenters. The summed E-state index contributed by atoms with van der Waals surface area (Å²) in [6, 6.07) is 3.76. The van der Waals surface area contributed by atoms with Gasteiger partial charge in [0, 0.05) is 30.6 Å². The van der Waals surface area contributed by atoms with Crippen LogP contribution in [0.3, 0.4) is 0 Å². The van der Waals surface area contributed by atoms with Crippen molar-refractivity contribution in [3.05, 3.63) is 47.2 Å². The van der Waals surface area contributed by atoms with Crippen LogP contribution in [-0.4, -0.2) is 26.5 Å². The number of hydrogen-bond donors (Lipinski definition) is 1. The number of thiazole rings is 1. The topological polar surface area (TPSA) is 73.0 Å². The Morgan fingerprint density at radius 2 is 2.39 bits per heavy atom. The lowest BCUT2D eigenvalue weighted by Crippen LogP contribution is -2.41. The second-order valence-electron chi connectivity index (χ2n) is 5.68. The fourth-order valence-corrected chi connectivity index (χ4v) is 3.62. The van der Waals surface area contributed by atoms with Crippen molar-refractivity contribution >= 4 is 17.2 Å². The van der Waals surface area contributed by atoms with Crippen molar-refractivity contribution in [2.24, 2.45) is 0 Å². The maximum Gasteiger partial charge on any atom is 0.271 e. The van der Waals surface area contributed by atoms with Gasteiger partial charge in [-0.1, -0.05) is 0 Å². The van der Waals surface area contributed by atoms with Crippen molar-refractivity contribution in [2.75, 3.05) is 0 Å². The number of aryl methyl sites for hydroxylation is 2. The first-order valence-corrected chi connectivity index (χ1v) is 8.40. The van der Waals surface area contributed by atoms with Crippen molar-refractivity contribution in [3.8, 4) is 10.8 Å². The molecule has 0 aliphatic carbocycles. The Bertz CT molecular complexity index is 834. The third kappa shape index (κ3) is 2.79. The molecule has 1 atom stereocenters. The molecule has 1 amide bonds. The molecule has 1 aliphatic heterocycles. The molecular formula is C16H16N4O2S. The summed E-state index contributed by atoms with van der Waals surface area (Å²) in [6.07, 6.45) is 5.42. The molecule has 3 aromatic rings. The van der Waals surface area contributed by atoms with E-state index in [1.54, 1.807) is 11.6 Å². The minimum absolute atomic E-state index is 0.109. The first-order valence-electron chi connectivity index (χ1n) is 7.52. The van der Waals surface area contributed by atoms with E-state index in [0.717, 1.165) is 35.9 Å². The van der Waals surface area contributed by atoms with Gasteiger partial charge in [-0.25, -0.2) is 9.97 Å². The molecule has 1 aliphatic rings. The van der Waals surface area contributed by atoms with Gasteiger partial charge in [0.1, 0.15) is 11.5 Å². The summed E-state index contributed by atoms with van der Waals surface area (Å²) >= 11 is 1.41. The van der Waals surface area contributed by atoms with E-state index >= 15 is 0 Å². The van der Waals surface area contributed by atoms with E-state index in [9.17, 15) is 4.79 Å². The predicted molar refractivity (Wildman–Crippen MR) is 86.4 cm³/mol. The van der Waals surface area contributed by atoms with Gasteiger partial charge < -0.3 is 14.3 Å². The standard InChI is InChI=1S/C16H16N4O2S/c1-10-7-20-8-11(4-5-14(20)17-10)18-15(21)12-9-23-16(19-12)13-3-2-6-22-13/h2-3,6-7,9,11H,4-5,8H2,1H3,(H,18,21)/t11-/m1/s1. The first kappa shape index (κ1) is 14.2. The average Bonchev–Trinajstić information content (AvgIpc) is 3.26. The van der Waals surface area contributed by atoms with E-state index in [-0.39, 0.29) is 11.9 Å². The lowest BCUT2D eigenvalue weighted by Gasteiger charge is -2.24. The highest BCUT2D eigenvalue weighted by atomic mass is 32.1. The summed E-state index contributed by atoms with van der Waals surface area (Å²) in [5, 5.41) is 5.56. The van der Waals surface area contributed by atoms with Crippen molar-refractivity contribution in [1.82, 2.24) is 19.9 Å². The Balaban J connectivity index is 1.44. The molecule has 3 aromatic heterocycles. The van der Waals surface area contributed by atoms with Gasteiger partial charge in [0.05, 0.1) is 12.0 Å². The zero-order valence-electron chi connectivity index (χ0n) is 12.7. The molecule has 1 N–H and O–H groups in total. The van der Waals surface area contributed by atoms with Crippen LogP contribution in [0.1, 0.15) is 28.4 Å². The van der Waals surface area contributed by atoms with Gasteiger partial charge in [0.15, 0.2) is 10.8 Å². The first-order chi connectivity index (χ1) is 11.2. The fraction of sp³-hybridized carbons (Fsp3) is 0.312. The number of imidazole rings is 1. The van der Waals surface area contributed by atoms with Crippen LogP contribution in [0.2, 0.25) is 0 Å². The quantitative estimate of drug-likeness (QED) is 0.802. The van der Waals surface area contributed by atoms with Crippen molar-refractivity contribution < 1.29 is 9.21 Å². The van der Waals surface area contributed by atoms with E-state index in [2.05, 4.69) is 19.9 Å². The van der Waals surface area contributed by atoms with Crippen LogP contribution in [0, 0.1) is 6.92 Å². The summed E-state index contributed by atoms with van der Waals surface area (Å²) in [4.78, 5) is 21.2. The lowest BCUT2D eigenvalue weighted by atomic mass is 10.1. The highest BCUT2D eigenvalue weighted by Crippen LogP contribution is 2.24. The molecule has 0 bridgehead atoms. The van der Waals surface area contributed by atoms with Crippen molar-refractivity contribution in [3.63, 3.8) is 0 Å². The molecule has 6 nitrogen and oxygen atoms in total. The number of furan rings is 1.